The molecule has 4 nitrogen and oxygen atoms in total. The molecule has 22 heavy (non-hydrogen) atoms. The lowest BCUT2D eigenvalue weighted by Crippen LogP contribution is -2.10. The highest BCUT2D eigenvalue weighted by Crippen LogP contribution is 2.16. The van der Waals surface area contributed by atoms with E-state index in [2.05, 4.69) is 5.32 Å². The van der Waals surface area contributed by atoms with Crippen molar-refractivity contribution in [3.05, 3.63) is 60.2 Å². The lowest BCUT2D eigenvalue weighted by Gasteiger charge is -2.12. The predicted octanol–water partition coefficient (Wildman–Crippen LogP) is 3.41. The second-order valence-corrected chi connectivity index (χ2v) is 5.04. The zero-order chi connectivity index (χ0) is 15.9. The normalized spacial score (nSPS) is 10.5. The number of hydrogen-bond donors (Lipinski definition) is 1. The Kier molecular flexibility index (Phi) is 5.20. The molecule has 0 saturated carbocycles. The fraction of sp³-hybridized carbons (Fsp3) is 0.167. The fourth-order valence-electron chi connectivity index (χ4n) is 1.94. The van der Waals surface area contributed by atoms with Gasteiger partial charge in [-0.2, -0.15) is 0 Å². The Labute approximate surface area is 131 Å². The third-order valence-electron chi connectivity index (χ3n) is 3.17. The molecule has 0 fully saturated rings. The van der Waals surface area contributed by atoms with Crippen LogP contribution in [-0.4, -0.2) is 27.1 Å². The van der Waals surface area contributed by atoms with Gasteiger partial charge in [-0.3, -0.25) is 4.79 Å². The summed E-state index contributed by atoms with van der Waals surface area (Å²) in [5, 5.41) is 2.83. The Morgan fingerprint density at radius 1 is 1.14 bits per heavy atom. The Hall–Kier alpha value is -2.75. The maximum atomic E-state index is 11.9. The Balaban J connectivity index is 1.98. The topological polar surface area (TPSA) is 41.6 Å². The third-order valence-corrected chi connectivity index (χ3v) is 3.17. The molecule has 2 aromatic carbocycles. The van der Waals surface area contributed by atoms with Gasteiger partial charge in [0.25, 0.3) is 0 Å². The van der Waals surface area contributed by atoms with Crippen molar-refractivity contribution in [2.45, 2.75) is 0 Å². The summed E-state index contributed by atoms with van der Waals surface area (Å²) in [6.45, 7) is 0. The van der Waals surface area contributed by atoms with Crippen molar-refractivity contribution in [3.8, 4) is 5.75 Å². The first-order valence-corrected chi connectivity index (χ1v) is 6.99. The van der Waals surface area contributed by atoms with E-state index in [1.165, 1.54) is 6.08 Å². The molecule has 1 N–H and O–H groups in total. The summed E-state index contributed by atoms with van der Waals surface area (Å²) in [6.07, 6.45) is 3.26. The number of nitrogens with one attached hydrogen (secondary N) is 1. The van der Waals surface area contributed by atoms with Crippen LogP contribution in [0.1, 0.15) is 5.56 Å². The molecule has 0 radical (unpaired) electrons. The summed E-state index contributed by atoms with van der Waals surface area (Å²) in [4.78, 5) is 13.9. The van der Waals surface area contributed by atoms with Crippen LogP contribution in [-0.2, 0) is 4.79 Å². The third kappa shape index (κ3) is 4.38. The molecular weight excluding hydrogens is 276 g/mol. The zero-order valence-corrected chi connectivity index (χ0v) is 13.0. The molecule has 0 heterocycles. The van der Waals surface area contributed by atoms with Gasteiger partial charge in [-0.25, -0.2) is 0 Å². The molecule has 2 aromatic rings. The number of rotatable bonds is 5. The van der Waals surface area contributed by atoms with E-state index in [4.69, 9.17) is 4.74 Å². The van der Waals surface area contributed by atoms with Gasteiger partial charge in [0.05, 0.1) is 7.11 Å². The van der Waals surface area contributed by atoms with Gasteiger partial charge in [0.2, 0.25) is 5.91 Å². The molecule has 114 valence electrons. The molecule has 0 bridgehead atoms. The number of methoxy groups -OCH3 is 1. The highest BCUT2D eigenvalue weighted by atomic mass is 16.5. The van der Waals surface area contributed by atoms with Crippen molar-refractivity contribution >= 4 is 23.4 Å². The molecule has 2 rings (SSSR count). The van der Waals surface area contributed by atoms with Crippen LogP contribution in [0.5, 0.6) is 5.75 Å². The fourth-order valence-corrected chi connectivity index (χ4v) is 1.94. The smallest absolute Gasteiger partial charge is 0.248 e. The maximum absolute atomic E-state index is 11.9. The Morgan fingerprint density at radius 2 is 1.86 bits per heavy atom. The number of ether oxygens (including phenoxy) is 1. The van der Waals surface area contributed by atoms with Gasteiger partial charge in [-0.05, 0) is 48.0 Å². The van der Waals surface area contributed by atoms with Crippen LogP contribution in [0.2, 0.25) is 0 Å². The summed E-state index contributed by atoms with van der Waals surface area (Å²) in [5.74, 6) is 0.599. The first-order valence-electron chi connectivity index (χ1n) is 6.99. The number of amides is 1. The molecule has 0 aliphatic carbocycles. The number of carbonyl (C=O) groups excluding carboxylic acids is 1. The average Bonchev–Trinajstić information content (AvgIpc) is 2.53. The van der Waals surface area contributed by atoms with Gasteiger partial charge in [0, 0.05) is 31.5 Å². The minimum absolute atomic E-state index is 0.166. The number of nitrogens with zero attached hydrogens (tertiary/aromatic N) is 1. The first kappa shape index (κ1) is 15.6. The van der Waals surface area contributed by atoms with Crippen LogP contribution in [0.25, 0.3) is 6.08 Å². The number of carbonyl (C=O) groups is 1. The van der Waals surface area contributed by atoms with Gasteiger partial charge in [0.1, 0.15) is 5.75 Å². The molecule has 1 amide bonds. The standard InChI is InChI=1S/C18H20N2O2/c1-20(2)16-10-8-15(9-11-16)19-18(21)12-7-14-5-4-6-17(13-14)22-3/h4-13H,1-3H3,(H,19,21). The van der Waals surface area contributed by atoms with Crippen LogP contribution in [0, 0.1) is 0 Å². The van der Waals surface area contributed by atoms with Crippen molar-refractivity contribution < 1.29 is 9.53 Å². The summed E-state index contributed by atoms with van der Waals surface area (Å²) in [7, 11) is 5.57. The highest BCUT2D eigenvalue weighted by Gasteiger charge is 2.00. The summed E-state index contributed by atoms with van der Waals surface area (Å²) < 4.78 is 5.15. The number of hydrogen-bond acceptors (Lipinski definition) is 3. The maximum Gasteiger partial charge on any atom is 0.248 e. The second-order valence-electron chi connectivity index (χ2n) is 5.04. The molecule has 0 spiro atoms. The van der Waals surface area contributed by atoms with Crippen LogP contribution in [0.4, 0.5) is 11.4 Å². The van der Waals surface area contributed by atoms with Crippen LogP contribution < -0.4 is 15.0 Å². The molecule has 0 aliphatic rings. The van der Waals surface area contributed by atoms with Crippen molar-refractivity contribution in [2.75, 3.05) is 31.4 Å². The van der Waals surface area contributed by atoms with Gasteiger partial charge in [-0.1, -0.05) is 12.1 Å². The molecule has 0 unspecified atom stereocenters. The minimum Gasteiger partial charge on any atom is -0.497 e. The highest BCUT2D eigenvalue weighted by molar-refractivity contribution is 6.02. The van der Waals surface area contributed by atoms with E-state index in [1.807, 2.05) is 67.5 Å². The zero-order valence-electron chi connectivity index (χ0n) is 13.0. The van der Waals surface area contributed by atoms with E-state index in [9.17, 15) is 4.79 Å². The van der Waals surface area contributed by atoms with Gasteiger partial charge in [-0.15, -0.1) is 0 Å². The van der Waals surface area contributed by atoms with Crippen LogP contribution in [0.3, 0.4) is 0 Å². The molecule has 0 aliphatic heterocycles. The van der Waals surface area contributed by atoms with Crippen molar-refractivity contribution in [2.24, 2.45) is 0 Å². The quantitative estimate of drug-likeness (QED) is 0.860. The lowest BCUT2D eigenvalue weighted by molar-refractivity contribution is -0.111. The van der Waals surface area contributed by atoms with Crippen molar-refractivity contribution in [3.63, 3.8) is 0 Å². The number of benzene rings is 2. The largest absolute Gasteiger partial charge is 0.497 e. The second kappa shape index (κ2) is 7.31. The summed E-state index contributed by atoms with van der Waals surface area (Å²) in [5.41, 5.74) is 2.77. The first-order chi connectivity index (χ1) is 10.6. The van der Waals surface area contributed by atoms with E-state index in [-0.39, 0.29) is 5.91 Å². The molecular formula is C18H20N2O2. The van der Waals surface area contributed by atoms with Crippen molar-refractivity contribution in [1.82, 2.24) is 0 Å². The summed E-state index contributed by atoms with van der Waals surface area (Å²) in [6, 6.07) is 15.2. The van der Waals surface area contributed by atoms with E-state index in [0.29, 0.717) is 0 Å². The van der Waals surface area contributed by atoms with Gasteiger partial charge >= 0.3 is 0 Å². The molecule has 0 aromatic heterocycles. The van der Waals surface area contributed by atoms with Gasteiger partial charge in [0.15, 0.2) is 0 Å². The molecule has 0 atom stereocenters. The number of anilines is 2. The van der Waals surface area contributed by atoms with Crippen LogP contribution >= 0.6 is 0 Å². The van der Waals surface area contributed by atoms with Crippen molar-refractivity contribution in [1.29, 1.82) is 0 Å². The Morgan fingerprint density at radius 3 is 2.50 bits per heavy atom. The Bertz CT molecular complexity index is 661. The minimum atomic E-state index is -0.166. The lowest BCUT2D eigenvalue weighted by atomic mass is 10.2. The molecule has 0 saturated heterocycles. The van der Waals surface area contributed by atoms with E-state index < -0.39 is 0 Å². The van der Waals surface area contributed by atoms with Gasteiger partial charge < -0.3 is 15.0 Å². The summed E-state index contributed by atoms with van der Waals surface area (Å²) >= 11 is 0. The average molecular weight is 296 g/mol. The SMILES string of the molecule is COc1cccc(C=CC(=O)Nc2ccc(N(C)C)cc2)c1. The van der Waals surface area contributed by atoms with E-state index in [0.717, 1.165) is 22.7 Å². The van der Waals surface area contributed by atoms with Crippen LogP contribution in [0.15, 0.2) is 54.6 Å². The van der Waals surface area contributed by atoms with E-state index >= 15 is 0 Å². The monoisotopic (exact) mass is 296 g/mol. The van der Waals surface area contributed by atoms with E-state index in [1.54, 1.807) is 13.2 Å². The predicted molar refractivity (Wildman–Crippen MR) is 91.4 cm³/mol. The molecule has 4 heteroatoms.